The normalized spacial score (nSPS) is 13.4. The Kier molecular flexibility index (Phi) is 9.10. The fourth-order valence-electron chi connectivity index (χ4n) is 0.909. The Morgan fingerprint density at radius 2 is 2.29 bits per heavy atom. The molecule has 0 aromatic rings. The van der Waals surface area contributed by atoms with E-state index >= 15 is 0 Å². The van der Waals surface area contributed by atoms with Gasteiger partial charge in [0.05, 0.1) is 5.94 Å². The highest BCUT2D eigenvalue weighted by Gasteiger charge is 2.08. The van der Waals surface area contributed by atoms with E-state index in [1.165, 1.54) is 0 Å². The average Bonchev–Trinajstić information content (AvgIpc) is 2.20. The Morgan fingerprint density at radius 3 is 2.86 bits per heavy atom. The van der Waals surface area contributed by atoms with Crippen molar-refractivity contribution in [3.8, 4) is 0 Å². The molecule has 0 spiro atoms. The number of hydrogen-bond donors (Lipinski definition) is 0. The smallest absolute Gasteiger partial charge is 0.183 e. The van der Waals surface area contributed by atoms with Gasteiger partial charge in [-0.1, -0.05) is 25.8 Å². The van der Waals surface area contributed by atoms with Crippen LogP contribution in [-0.2, 0) is 9.53 Å². The van der Waals surface area contributed by atoms with Crippen LogP contribution in [0.25, 0.3) is 0 Å². The van der Waals surface area contributed by atoms with Crippen molar-refractivity contribution in [2.24, 2.45) is 0 Å². The number of carbonyl (C=O) groups excluding carboxylic acids is 1. The summed E-state index contributed by atoms with van der Waals surface area (Å²) >= 11 is 1.58. The van der Waals surface area contributed by atoms with Crippen molar-refractivity contribution in [1.82, 2.24) is 0 Å². The summed E-state index contributed by atoms with van der Waals surface area (Å²) in [5, 5.41) is 0. The third-order valence-corrected chi connectivity index (χ3v) is 2.21. The van der Waals surface area contributed by atoms with Crippen LogP contribution >= 0.6 is 11.8 Å². The standard InChI is InChI=1S/C11H20O2S/c1-4-5-6-7-8-11(12)10(2)13-9-14-3/h7-8,10H,4-6,9H2,1-3H3/b8-7+. The number of carbonyl (C=O) groups is 1. The molecule has 1 unspecified atom stereocenters. The molecule has 0 fully saturated rings. The highest BCUT2D eigenvalue weighted by atomic mass is 32.2. The first-order valence-electron chi connectivity index (χ1n) is 5.03. The zero-order valence-corrected chi connectivity index (χ0v) is 10.1. The first kappa shape index (κ1) is 13.7. The van der Waals surface area contributed by atoms with E-state index in [0.717, 1.165) is 19.3 Å². The maximum Gasteiger partial charge on any atom is 0.183 e. The number of ether oxygens (including phenoxy) is 1. The van der Waals surface area contributed by atoms with E-state index in [1.54, 1.807) is 24.8 Å². The molecule has 2 nitrogen and oxygen atoms in total. The first-order valence-corrected chi connectivity index (χ1v) is 6.42. The predicted octanol–water partition coefficient (Wildman–Crippen LogP) is 3.03. The minimum atomic E-state index is -0.305. The van der Waals surface area contributed by atoms with Gasteiger partial charge in [-0.2, -0.15) is 0 Å². The maximum absolute atomic E-state index is 11.4. The monoisotopic (exact) mass is 216 g/mol. The van der Waals surface area contributed by atoms with Crippen molar-refractivity contribution in [1.29, 1.82) is 0 Å². The van der Waals surface area contributed by atoms with Crippen molar-refractivity contribution in [2.75, 3.05) is 12.2 Å². The number of rotatable bonds is 8. The molecule has 0 aromatic carbocycles. The first-order chi connectivity index (χ1) is 6.72. The van der Waals surface area contributed by atoms with Crippen LogP contribution < -0.4 is 0 Å². The van der Waals surface area contributed by atoms with Crippen molar-refractivity contribution >= 4 is 17.5 Å². The van der Waals surface area contributed by atoms with Crippen molar-refractivity contribution < 1.29 is 9.53 Å². The molecule has 0 amide bonds. The van der Waals surface area contributed by atoms with Gasteiger partial charge < -0.3 is 4.74 Å². The van der Waals surface area contributed by atoms with Gasteiger partial charge in [-0.05, 0) is 25.7 Å². The van der Waals surface area contributed by atoms with E-state index in [2.05, 4.69) is 6.92 Å². The minimum absolute atomic E-state index is 0.0650. The summed E-state index contributed by atoms with van der Waals surface area (Å²) in [7, 11) is 0. The highest BCUT2D eigenvalue weighted by Crippen LogP contribution is 2.01. The molecule has 0 bridgehead atoms. The molecule has 0 aliphatic heterocycles. The van der Waals surface area contributed by atoms with Gasteiger partial charge >= 0.3 is 0 Å². The lowest BCUT2D eigenvalue weighted by Gasteiger charge is -2.07. The Labute approximate surface area is 91.1 Å². The summed E-state index contributed by atoms with van der Waals surface area (Å²) in [6.45, 7) is 3.93. The Hall–Kier alpha value is -0.280. The largest absolute Gasteiger partial charge is 0.360 e. The zero-order chi connectivity index (χ0) is 10.8. The lowest BCUT2D eigenvalue weighted by atomic mass is 10.2. The third kappa shape index (κ3) is 7.15. The van der Waals surface area contributed by atoms with Gasteiger partial charge in [0.25, 0.3) is 0 Å². The molecule has 1 atom stereocenters. The van der Waals surface area contributed by atoms with Crippen molar-refractivity contribution in [3.63, 3.8) is 0 Å². The highest BCUT2D eigenvalue weighted by molar-refractivity contribution is 7.98. The lowest BCUT2D eigenvalue weighted by molar-refractivity contribution is -0.123. The molecule has 0 aromatic heterocycles. The predicted molar refractivity (Wildman–Crippen MR) is 62.6 cm³/mol. The van der Waals surface area contributed by atoms with Gasteiger partial charge in [-0.15, -0.1) is 11.8 Å². The SMILES string of the molecule is CCCC/C=C/C(=O)C(C)OCSC. The molecule has 0 rings (SSSR count). The molecular formula is C11H20O2S. The number of thioether (sulfide) groups is 1. The fraction of sp³-hybridized carbons (Fsp3) is 0.727. The second-order valence-corrected chi connectivity index (χ2v) is 3.98. The second-order valence-electron chi connectivity index (χ2n) is 3.16. The van der Waals surface area contributed by atoms with E-state index in [4.69, 9.17) is 4.74 Å². The van der Waals surface area contributed by atoms with E-state index in [0.29, 0.717) is 5.94 Å². The van der Waals surface area contributed by atoms with Crippen LogP contribution in [0.3, 0.4) is 0 Å². The summed E-state index contributed by atoms with van der Waals surface area (Å²) in [5.41, 5.74) is 0. The number of hydrogen-bond acceptors (Lipinski definition) is 3. The third-order valence-electron chi connectivity index (χ3n) is 1.84. The van der Waals surface area contributed by atoms with E-state index in [-0.39, 0.29) is 11.9 Å². The molecule has 0 N–H and O–H groups in total. The van der Waals surface area contributed by atoms with Crippen LogP contribution in [0.2, 0.25) is 0 Å². The van der Waals surface area contributed by atoms with Crippen LogP contribution in [-0.4, -0.2) is 24.1 Å². The van der Waals surface area contributed by atoms with E-state index in [1.807, 2.05) is 12.3 Å². The Bertz CT molecular complexity index is 178. The summed E-state index contributed by atoms with van der Waals surface area (Å²) in [4.78, 5) is 11.4. The molecular weight excluding hydrogens is 196 g/mol. The van der Waals surface area contributed by atoms with Crippen molar-refractivity contribution in [2.45, 2.75) is 39.2 Å². The Morgan fingerprint density at radius 1 is 1.57 bits per heavy atom. The van der Waals surface area contributed by atoms with Crippen molar-refractivity contribution in [3.05, 3.63) is 12.2 Å². The topological polar surface area (TPSA) is 26.3 Å². The number of allylic oxidation sites excluding steroid dienone is 1. The lowest BCUT2D eigenvalue weighted by Crippen LogP contribution is -2.18. The van der Waals surface area contributed by atoms with E-state index in [9.17, 15) is 4.79 Å². The molecule has 3 heteroatoms. The van der Waals surface area contributed by atoms with Gasteiger partial charge in [0.15, 0.2) is 5.78 Å². The molecule has 0 heterocycles. The second kappa shape index (κ2) is 9.28. The van der Waals surface area contributed by atoms with E-state index < -0.39 is 0 Å². The summed E-state index contributed by atoms with van der Waals surface area (Å²) in [6, 6.07) is 0. The number of unbranched alkanes of at least 4 members (excludes halogenated alkanes) is 2. The molecule has 14 heavy (non-hydrogen) atoms. The molecule has 0 saturated carbocycles. The van der Waals surface area contributed by atoms with Crippen LogP contribution in [0.4, 0.5) is 0 Å². The minimum Gasteiger partial charge on any atom is -0.360 e. The molecule has 0 radical (unpaired) electrons. The fourth-order valence-corrected chi connectivity index (χ4v) is 1.25. The number of ketones is 1. The van der Waals surface area contributed by atoms with Crippen LogP contribution in [0.5, 0.6) is 0 Å². The maximum atomic E-state index is 11.4. The zero-order valence-electron chi connectivity index (χ0n) is 9.29. The summed E-state index contributed by atoms with van der Waals surface area (Å²) in [5.74, 6) is 0.644. The van der Waals surface area contributed by atoms with Crippen LogP contribution in [0.1, 0.15) is 33.1 Å². The summed E-state index contributed by atoms with van der Waals surface area (Å²) in [6.07, 6.45) is 8.51. The van der Waals surface area contributed by atoms with Gasteiger partial charge in [-0.3, -0.25) is 4.79 Å². The van der Waals surface area contributed by atoms with Crippen LogP contribution in [0.15, 0.2) is 12.2 Å². The van der Waals surface area contributed by atoms with Crippen LogP contribution in [0, 0.1) is 0 Å². The van der Waals surface area contributed by atoms with Gasteiger partial charge in [0.1, 0.15) is 6.10 Å². The molecule has 0 aliphatic carbocycles. The molecule has 0 aliphatic rings. The van der Waals surface area contributed by atoms with Gasteiger partial charge in [-0.25, -0.2) is 0 Å². The van der Waals surface area contributed by atoms with Gasteiger partial charge in [0, 0.05) is 0 Å². The summed E-state index contributed by atoms with van der Waals surface area (Å²) < 4.78 is 5.27. The molecule has 0 saturated heterocycles. The average molecular weight is 216 g/mol. The van der Waals surface area contributed by atoms with Gasteiger partial charge in [0.2, 0.25) is 0 Å². The molecule has 82 valence electrons. The quantitative estimate of drug-likeness (QED) is 0.354. The Balaban J connectivity index is 3.65.